The fourth-order valence-electron chi connectivity index (χ4n) is 2.72. The lowest BCUT2D eigenvalue weighted by atomic mass is 10.1. The number of anilines is 1. The van der Waals surface area contributed by atoms with Gasteiger partial charge in [0.25, 0.3) is 5.56 Å². The van der Waals surface area contributed by atoms with Gasteiger partial charge in [0.1, 0.15) is 11.8 Å². The number of carbonyl (C=O) groups excluding carboxylic acids is 1. The van der Waals surface area contributed by atoms with Gasteiger partial charge in [0.2, 0.25) is 5.91 Å². The Morgan fingerprint density at radius 1 is 1.07 bits per heavy atom. The Kier molecular flexibility index (Phi) is 6.20. The van der Waals surface area contributed by atoms with Gasteiger partial charge in [0, 0.05) is 11.6 Å². The van der Waals surface area contributed by atoms with Crippen molar-refractivity contribution in [3.05, 3.63) is 76.3 Å². The molecule has 1 amide bonds. The molecule has 6 nitrogen and oxygen atoms in total. The molecule has 0 aliphatic carbocycles. The van der Waals surface area contributed by atoms with Gasteiger partial charge in [-0.15, -0.1) is 0 Å². The van der Waals surface area contributed by atoms with E-state index in [-0.39, 0.29) is 0 Å². The SMILES string of the molecule is CCOc1ccc(-c2ccc(=O)n(C(C)C(=O)Nc3ccc(F)c(F)c3F)n2)cc1. The molecule has 156 valence electrons. The van der Waals surface area contributed by atoms with Gasteiger partial charge in [-0.25, -0.2) is 17.9 Å². The number of ether oxygens (including phenoxy) is 1. The van der Waals surface area contributed by atoms with Crippen molar-refractivity contribution in [2.75, 3.05) is 11.9 Å². The molecular weight excluding hydrogens is 399 g/mol. The van der Waals surface area contributed by atoms with Crippen LogP contribution in [0.15, 0.2) is 53.3 Å². The number of nitrogens with one attached hydrogen (secondary N) is 1. The molecule has 0 radical (unpaired) electrons. The van der Waals surface area contributed by atoms with Gasteiger partial charge in [-0.2, -0.15) is 5.10 Å². The number of nitrogens with zero attached hydrogens (tertiary/aromatic N) is 2. The minimum absolute atomic E-state index is 0.427. The van der Waals surface area contributed by atoms with Gasteiger partial charge < -0.3 is 10.1 Å². The predicted molar refractivity (Wildman–Crippen MR) is 105 cm³/mol. The molecule has 3 rings (SSSR count). The van der Waals surface area contributed by atoms with Crippen molar-refractivity contribution in [1.29, 1.82) is 0 Å². The number of carbonyl (C=O) groups is 1. The highest BCUT2D eigenvalue weighted by Crippen LogP contribution is 2.22. The summed E-state index contributed by atoms with van der Waals surface area (Å²) < 4.78 is 46.6. The molecule has 0 saturated carbocycles. The van der Waals surface area contributed by atoms with Crippen LogP contribution in [0.4, 0.5) is 18.9 Å². The normalized spacial score (nSPS) is 11.8. The summed E-state index contributed by atoms with van der Waals surface area (Å²) >= 11 is 0. The van der Waals surface area contributed by atoms with Crippen molar-refractivity contribution in [2.45, 2.75) is 19.9 Å². The van der Waals surface area contributed by atoms with Crippen molar-refractivity contribution in [2.24, 2.45) is 0 Å². The number of aromatic nitrogens is 2. The van der Waals surface area contributed by atoms with E-state index in [0.717, 1.165) is 10.7 Å². The number of rotatable bonds is 6. The van der Waals surface area contributed by atoms with Crippen LogP contribution < -0.4 is 15.6 Å². The van der Waals surface area contributed by atoms with Gasteiger partial charge in [0.05, 0.1) is 18.0 Å². The zero-order valence-corrected chi connectivity index (χ0v) is 16.2. The second-order valence-electron chi connectivity index (χ2n) is 6.35. The Bertz CT molecular complexity index is 1130. The number of hydrogen-bond donors (Lipinski definition) is 1. The van der Waals surface area contributed by atoms with Gasteiger partial charge in [-0.3, -0.25) is 9.59 Å². The summed E-state index contributed by atoms with van der Waals surface area (Å²) in [5.41, 5.74) is 0.0160. The largest absolute Gasteiger partial charge is 0.494 e. The van der Waals surface area contributed by atoms with Gasteiger partial charge >= 0.3 is 0 Å². The van der Waals surface area contributed by atoms with Crippen LogP contribution in [0.3, 0.4) is 0 Å². The monoisotopic (exact) mass is 417 g/mol. The zero-order valence-electron chi connectivity index (χ0n) is 16.2. The smallest absolute Gasteiger partial charge is 0.267 e. The van der Waals surface area contributed by atoms with Gasteiger partial charge in [0.15, 0.2) is 17.5 Å². The van der Waals surface area contributed by atoms with Crippen molar-refractivity contribution < 1.29 is 22.7 Å². The molecule has 0 fully saturated rings. The average Bonchev–Trinajstić information content (AvgIpc) is 2.75. The lowest BCUT2D eigenvalue weighted by molar-refractivity contribution is -0.119. The Morgan fingerprint density at radius 3 is 2.43 bits per heavy atom. The zero-order chi connectivity index (χ0) is 21.8. The summed E-state index contributed by atoms with van der Waals surface area (Å²) in [5, 5.41) is 6.36. The van der Waals surface area contributed by atoms with Crippen molar-refractivity contribution in [3.8, 4) is 17.0 Å². The van der Waals surface area contributed by atoms with Crippen LogP contribution in [0.1, 0.15) is 19.9 Å². The highest BCUT2D eigenvalue weighted by molar-refractivity contribution is 5.93. The van der Waals surface area contributed by atoms with Crippen molar-refractivity contribution in [1.82, 2.24) is 9.78 Å². The second-order valence-corrected chi connectivity index (χ2v) is 6.35. The fourth-order valence-corrected chi connectivity index (χ4v) is 2.72. The fraction of sp³-hybridized carbons (Fsp3) is 0.190. The van der Waals surface area contributed by atoms with Gasteiger partial charge in [-0.1, -0.05) is 0 Å². The van der Waals surface area contributed by atoms with Crippen LogP contribution in [0.25, 0.3) is 11.3 Å². The summed E-state index contributed by atoms with van der Waals surface area (Å²) in [5.74, 6) is -4.75. The first-order valence-corrected chi connectivity index (χ1v) is 9.09. The topological polar surface area (TPSA) is 73.2 Å². The third kappa shape index (κ3) is 4.35. The molecular formula is C21H18F3N3O3. The molecule has 3 aromatic rings. The number of benzene rings is 2. The summed E-state index contributed by atoms with van der Waals surface area (Å²) in [6.07, 6.45) is 0. The Hall–Kier alpha value is -3.62. The molecule has 2 aromatic carbocycles. The maximum absolute atomic E-state index is 13.8. The Labute approximate surface area is 169 Å². The molecule has 0 spiro atoms. The maximum atomic E-state index is 13.8. The average molecular weight is 417 g/mol. The third-order valence-electron chi connectivity index (χ3n) is 4.33. The summed E-state index contributed by atoms with van der Waals surface area (Å²) in [6, 6.07) is 10.2. The van der Waals surface area contributed by atoms with E-state index < -0.39 is 40.6 Å². The van der Waals surface area contributed by atoms with E-state index >= 15 is 0 Å². The van der Waals surface area contributed by atoms with Crippen LogP contribution in [-0.2, 0) is 4.79 Å². The van der Waals surface area contributed by atoms with Gasteiger partial charge in [-0.05, 0) is 56.3 Å². The molecule has 1 N–H and O–H groups in total. The Balaban J connectivity index is 1.86. The van der Waals surface area contributed by atoms with E-state index in [1.165, 1.54) is 19.1 Å². The maximum Gasteiger partial charge on any atom is 0.267 e. The molecule has 30 heavy (non-hydrogen) atoms. The first-order chi connectivity index (χ1) is 14.3. The minimum atomic E-state index is -1.70. The molecule has 1 heterocycles. The van der Waals surface area contributed by atoms with E-state index in [9.17, 15) is 22.8 Å². The van der Waals surface area contributed by atoms with E-state index in [2.05, 4.69) is 10.4 Å². The van der Waals surface area contributed by atoms with E-state index in [1.807, 2.05) is 6.92 Å². The van der Waals surface area contributed by atoms with Crippen LogP contribution in [0.5, 0.6) is 5.75 Å². The third-order valence-corrected chi connectivity index (χ3v) is 4.33. The van der Waals surface area contributed by atoms with Crippen LogP contribution >= 0.6 is 0 Å². The molecule has 0 bridgehead atoms. The molecule has 0 saturated heterocycles. The molecule has 1 atom stereocenters. The van der Waals surface area contributed by atoms with Crippen LogP contribution in [0.2, 0.25) is 0 Å². The van der Waals surface area contributed by atoms with E-state index in [0.29, 0.717) is 29.7 Å². The standard InChI is InChI=1S/C21H18F3N3O3/c1-3-30-14-6-4-13(5-7-14)16-10-11-18(28)27(26-16)12(2)21(29)25-17-9-8-15(22)19(23)20(17)24/h4-12H,3H2,1-2H3,(H,25,29). The first kappa shape index (κ1) is 21.1. The first-order valence-electron chi connectivity index (χ1n) is 9.09. The van der Waals surface area contributed by atoms with Crippen molar-refractivity contribution in [3.63, 3.8) is 0 Å². The number of halogens is 3. The summed E-state index contributed by atoms with van der Waals surface area (Å²) in [6.45, 7) is 3.77. The lowest BCUT2D eigenvalue weighted by Crippen LogP contribution is -2.33. The van der Waals surface area contributed by atoms with E-state index in [1.54, 1.807) is 24.3 Å². The van der Waals surface area contributed by atoms with E-state index in [4.69, 9.17) is 4.74 Å². The molecule has 9 heteroatoms. The predicted octanol–water partition coefficient (Wildman–Crippen LogP) is 3.93. The summed E-state index contributed by atoms with van der Waals surface area (Å²) in [7, 11) is 0. The van der Waals surface area contributed by atoms with Crippen LogP contribution in [-0.4, -0.2) is 22.3 Å². The molecule has 1 unspecified atom stereocenters. The quantitative estimate of drug-likeness (QED) is 0.617. The second kappa shape index (κ2) is 8.81. The lowest BCUT2D eigenvalue weighted by Gasteiger charge is -2.15. The minimum Gasteiger partial charge on any atom is -0.494 e. The Morgan fingerprint density at radius 2 is 1.77 bits per heavy atom. The number of amides is 1. The number of hydrogen-bond acceptors (Lipinski definition) is 4. The molecule has 1 aromatic heterocycles. The highest BCUT2D eigenvalue weighted by Gasteiger charge is 2.21. The van der Waals surface area contributed by atoms with Crippen molar-refractivity contribution >= 4 is 11.6 Å². The molecule has 0 aliphatic rings. The highest BCUT2D eigenvalue weighted by atomic mass is 19.2. The molecule has 0 aliphatic heterocycles. The van der Waals surface area contributed by atoms with Crippen LogP contribution in [0, 0.1) is 17.5 Å². The summed E-state index contributed by atoms with van der Waals surface area (Å²) in [4.78, 5) is 24.7.